The molecule has 2 aromatic rings. The van der Waals surface area contributed by atoms with Crippen LogP contribution >= 0.6 is 11.8 Å². The first-order chi connectivity index (χ1) is 15.4. The molecule has 1 fully saturated rings. The predicted molar refractivity (Wildman–Crippen MR) is 121 cm³/mol. The Morgan fingerprint density at radius 3 is 2.62 bits per heavy atom. The molecule has 0 saturated carbocycles. The van der Waals surface area contributed by atoms with Crippen LogP contribution in [0.1, 0.15) is 29.7 Å². The summed E-state index contributed by atoms with van der Waals surface area (Å²) in [7, 11) is 0. The number of hydrogen-bond donors (Lipinski definition) is 3. The second-order valence-electron chi connectivity index (χ2n) is 8.31. The summed E-state index contributed by atoms with van der Waals surface area (Å²) >= 11 is 1.78. The van der Waals surface area contributed by atoms with Gasteiger partial charge in [0.25, 0.3) is 5.91 Å². The number of amides is 1. The molecule has 0 radical (unpaired) electrons. The summed E-state index contributed by atoms with van der Waals surface area (Å²) in [6, 6.07) is 16.2. The Hall–Kier alpha value is -2.78. The van der Waals surface area contributed by atoms with Gasteiger partial charge in [-0.2, -0.15) is 5.01 Å². The minimum Gasteiger partial charge on any atom is -0.507 e. The zero-order chi connectivity index (χ0) is 22.5. The third kappa shape index (κ3) is 3.31. The van der Waals surface area contributed by atoms with Crippen molar-refractivity contribution in [1.29, 1.82) is 0 Å². The molecule has 0 bridgehead atoms. The van der Waals surface area contributed by atoms with Gasteiger partial charge in [-0.1, -0.05) is 42.5 Å². The number of aliphatic hydroxyl groups is 3. The van der Waals surface area contributed by atoms with Crippen molar-refractivity contribution < 1.29 is 20.1 Å². The first-order valence-electron chi connectivity index (χ1n) is 10.5. The number of hydrogen-bond acceptors (Lipinski definition) is 7. The second kappa shape index (κ2) is 7.97. The van der Waals surface area contributed by atoms with Gasteiger partial charge in [0.1, 0.15) is 5.60 Å². The number of β-amino-alcohol motifs (C(OH)–C–C–N with tert-alkyl or cyclic N) is 1. The van der Waals surface area contributed by atoms with Crippen LogP contribution in [0.4, 0.5) is 0 Å². The van der Waals surface area contributed by atoms with Crippen LogP contribution in [0.2, 0.25) is 0 Å². The van der Waals surface area contributed by atoms with E-state index < -0.39 is 17.3 Å². The number of nitrogens with zero attached hydrogens (tertiary/aromatic N) is 3. The highest BCUT2D eigenvalue weighted by atomic mass is 32.2. The van der Waals surface area contributed by atoms with Gasteiger partial charge in [0.2, 0.25) is 0 Å². The molecule has 0 aliphatic carbocycles. The minimum atomic E-state index is -1.65. The van der Waals surface area contributed by atoms with Gasteiger partial charge in [-0.25, -0.2) is 0 Å². The molecule has 3 N–H and O–H groups in total. The molecule has 2 aromatic carbocycles. The van der Waals surface area contributed by atoms with E-state index >= 15 is 0 Å². The normalized spacial score (nSPS) is 25.3. The van der Waals surface area contributed by atoms with Crippen LogP contribution in [-0.4, -0.2) is 61.6 Å². The van der Waals surface area contributed by atoms with E-state index in [-0.39, 0.29) is 31.6 Å². The quantitative estimate of drug-likeness (QED) is 0.661. The van der Waals surface area contributed by atoms with E-state index in [0.717, 1.165) is 21.8 Å². The summed E-state index contributed by atoms with van der Waals surface area (Å²) in [5, 5.41) is 34.7. The largest absolute Gasteiger partial charge is 0.507 e. The second-order valence-corrected chi connectivity index (χ2v) is 9.32. The van der Waals surface area contributed by atoms with Crippen molar-refractivity contribution in [2.45, 2.75) is 29.2 Å². The molecule has 3 heterocycles. The fourth-order valence-corrected chi connectivity index (χ4v) is 5.60. The van der Waals surface area contributed by atoms with Crippen molar-refractivity contribution >= 4 is 17.7 Å². The Labute approximate surface area is 190 Å². The zero-order valence-corrected chi connectivity index (χ0v) is 18.5. The van der Waals surface area contributed by atoms with Gasteiger partial charge in [-0.3, -0.25) is 9.80 Å². The average Bonchev–Trinajstić information content (AvgIpc) is 2.95. The Balaban J connectivity index is 1.71. The van der Waals surface area contributed by atoms with Crippen LogP contribution in [-0.2, 0) is 10.5 Å². The Morgan fingerprint density at radius 2 is 1.84 bits per heavy atom. The van der Waals surface area contributed by atoms with Gasteiger partial charge in [-0.05, 0) is 35.8 Å². The molecule has 3 aliphatic rings. The lowest BCUT2D eigenvalue weighted by Gasteiger charge is -2.49. The molecule has 7 nitrogen and oxygen atoms in total. The number of hydrazine groups is 1. The molecule has 8 heteroatoms. The van der Waals surface area contributed by atoms with Gasteiger partial charge in [0.05, 0.1) is 19.3 Å². The lowest BCUT2D eigenvalue weighted by atomic mass is 9.93. The summed E-state index contributed by atoms with van der Waals surface area (Å²) in [5.74, 6) is -0.000766. The summed E-state index contributed by atoms with van der Waals surface area (Å²) in [4.78, 5) is 15.9. The molecule has 1 amide bonds. The van der Waals surface area contributed by atoms with E-state index in [1.807, 2.05) is 29.3 Å². The van der Waals surface area contributed by atoms with E-state index in [1.165, 1.54) is 23.5 Å². The molecule has 3 aliphatic heterocycles. The fourth-order valence-electron chi connectivity index (χ4n) is 4.50. The topological polar surface area (TPSA) is 87.5 Å². The molecule has 2 atom stereocenters. The van der Waals surface area contributed by atoms with Crippen LogP contribution in [0.3, 0.4) is 0 Å². The summed E-state index contributed by atoms with van der Waals surface area (Å²) in [5.41, 5.74) is 1.78. The van der Waals surface area contributed by atoms with Crippen molar-refractivity contribution in [2.24, 2.45) is 0 Å². The molecule has 0 spiro atoms. The number of rotatable bonds is 3. The zero-order valence-electron chi connectivity index (χ0n) is 17.7. The highest BCUT2D eigenvalue weighted by Gasteiger charge is 2.46. The molecule has 2 unspecified atom stereocenters. The van der Waals surface area contributed by atoms with Crippen LogP contribution in [0.5, 0.6) is 0 Å². The summed E-state index contributed by atoms with van der Waals surface area (Å²) < 4.78 is 0. The maximum Gasteiger partial charge on any atom is 0.276 e. The third-order valence-electron chi connectivity index (χ3n) is 6.17. The standard InChI is InChI=1S/C24H25N3O4S/c1-24(31)10-11-26-21(22(24)29)23(30)25(12-13-28)15-27(26)20-17-7-3-2-6-16(17)14-32-19-9-5-4-8-18(19)20/h2-11,20,28-29,31H,12-15H2,1H3. The van der Waals surface area contributed by atoms with Crippen LogP contribution in [0.15, 0.2) is 77.2 Å². The smallest absolute Gasteiger partial charge is 0.276 e. The molecule has 32 heavy (non-hydrogen) atoms. The fraction of sp³-hybridized carbons (Fsp3) is 0.292. The van der Waals surface area contributed by atoms with Crippen LogP contribution in [0.25, 0.3) is 0 Å². The van der Waals surface area contributed by atoms with Gasteiger partial charge < -0.3 is 20.2 Å². The number of aliphatic hydroxyl groups excluding tert-OH is 2. The van der Waals surface area contributed by atoms with Crippen LogP contribution in [0, 0.1) is 0 Å². The molecule has 0 aromatic heterocycles. The Bertz CT molecular complexity index is 1080. The summed E-state index contributed by atoms with van der Waals surface area (Å²) in [6.07, 6.45) is 3.13. The maximum absolute atomic E-state index is 13.2. The maximum atomic E-state index is 13.2. The number of benzene rings is 2. The molecule has 5 rings (SSSR count). The number of carbonyl (C=O) groups is 1. The van der Waals surface area contributed by atoms with Crippen molar-refractivity contribution in [2.75, 3.05) is 19.8 Å². The van der Waals surface area contributed by atoms with Crippen molar-refractivity contribution in [3.63, 3.8) is 0 Å². The predicted octanol–water partition coefficient (Wildman–Crippen LogP) is 2.74. The lowest BCUT2D eigenvalue weighted by Crippen LogP contribution is -2.59. The highest BCUT2D eigenvalue weighted by molar-refractivity contribution is 7.98. The van der Waals surface area contributed by atoms with Crippen molar-refractivity contribution in [3.05, 3.63) is 89.0 Å². The lowest BCUT2D eigenvalue weighted by molar-refractivity contribution is -0.151. The van der Waals surface area contributed by atoms with E-state index in [1.54, 1.807) is 23.0 Å². The number of carbonyl (C=O) groups excluding carboxylic acids is 1. The van der Waals surface area contributed by atoms with Crippen molar-refractivity contribution in [3.8, 4) is 0 Å². The average molecular weight is 452 g/mol. The van der Waals surface area contributed by atoms with Gasteiger partial charge in [-0.15, -0.1) is 11.8 Å². The van der Waals surface area contributed by atoms with E-state index in [2.05, 4.69) is 24.3 Å². The van der Waals surface area contributed by atoms with Crippen molar-refractivity contribution in [1.82, 2.24) is 14.9 Å². The Morgan fingerprint density at radius 1 is 1.12 bits per heavy atom. The minimum absolute atomic E-state index is 0.00376. The van der Waals surface area contributed by atoms with Gasteiger partial charge in [0.15, 0.2) is 11.5 Å². The highest BCUT2D eigenvalue weighted by Crippen LogP contribution is 2.45. The molecule has 1 saturated heterocycles. The van der Waals surface area contributed by atoms with Gasteiger partial charge >= 0.3 is 0 Å². The van der Waals surface area contributed by atoms with Crippen LogP contribution < -0.4 is 0 Å². The summed E-state index contributed by atoms with van der Waals surface area (Å²) in [6.45, 7) is 1.59. The monoisotopic (exact) mass is 451 g/mol. The third-order valence-corrected chi connectivity index (χ3v) is 7.31. The molecule has 166 valence electrons. The SMILES string of the molecule is CC1(O)C=CN2C(=C1O)C(=O)N(CCO)CN2C1c2ccccc2CSc2ccccc21. The first-order valence-corrected chi connectivity index (χ1v) is 11.5. The number of fused-ring (bicyclic) bond motifs is 3. The van der Waals surface area contributed by atoms with E-state index in [0.29, 0.717) is 0 Å². The van der Waals surface area contributed by atoms with E-state index in [4.69, 9.17) is 0 Å². The van der Waals surface area contributed by atoms with Gasteiger partial charge in [0, 0.05) is 23.4 Å². The first kappa shape index (κ1) is 21.1. The number of thioether (sulfide) groups is 1. The van der Waals surface area contributed by atoms with E-state index in [9.17, 15) is 20.1 Å². The molecular formula is C24H25N3O4S. The molecular weight excluding hydrogens is 426 g/mol. The Kier molecular flexibility index (Phi) is 5.25.